The summed E-state index contributed by atoms with van der Waals surface area (Å²) >= 11 is 2.97. The van der Waals surface area contributed by atoms with Crippen LogP contribution in [0, 0.1) is 13.8 Å². The maximum atomic E-state index is 13.8. The fraction of sp³-hybridized carbons (Fsp3) is 0.395. The molecule has 1 saturated heterocycles. The first-order chi connectivity index (χ1) is 29.9. The number of allylic oxidation sites excluding steroid dienone is 2. The van der Waals surface area contributed by atoms with Crippen LogP contribution in [0.5, 0.6) is 5.75 Å². The van der Waals surface area contributed by atoms with E-state index >= 15 is 0 Å². The van der Waals surface area contributed by atoms with E-state index in [1.54, 1.807) is 46.8 Å². The number of nitrogens with zero attached hydrogens (tertiary/aromatic N) is 8. The van der Waals surface area contributed by atoms with Crippen LogP contribution in [0.15, 0.2) is 47.4 Å². The second-order valence-corrected chi connectivity index (χ2v) is 17.2. The molecule has 0 atom stereocenters. The molecule has 326 valence electrons. The molecule has 1 aliphatic rings. The van der Waals surface area contributed by atoms with Crippen molar-refractivity contribution in [1.82, 2.24) is 38.8 Å². The Labute approximate surface area is 366 Å². The van der Waals surface area contributed by atoms with Crippen LogP contribution in [-0.4, -0.2) is 108 Å². The van der Waals surface area contributed by atoms with Gasteiger partial charge in [0.1, 0.15) is 22.8 Å². The summed E-state index contributed by atoms with van der Waals surface area (Å²) in [4.78, 5) is 70.6. The molecular weight excluding hydrogens is 831 g/mol. The molecule has 6 aromatic rings. The summed E-state index contributed by atoms with van der Waals surface area (Å²) in [7, 11) is 1.50. The van der Waals surface area contributed by atoms with Gasteiger partial charge in [-0.1, -0.05) is 19.1 Å². The van der Waals surface area contributed by atoms with Crippen LogP contribution in [0.3, 0.4) is 0 Å². The van der Waals surface area contributed by atoms with Gasteiger partial charge in [0.25, 0.3) is 5.91 Å². The van der Waals surface area contributed by atoms with Crippen molar-refractivity contribution in [1.29, 1.82) is 0 Å². The van der Waals surface area contributed by atoms with Crippen molar-refractivity contribution < 1.29 is 28.7 Å². The lowest BCUT2D eigenvalue weighted by atomic mass is 10.1. The summed E-state index contributed by atoms with van der Waals surface area (Å²) in [5.41, 5.74) is 16.2. The number of nitrogens with two attached hydrogens (primary N) is 2. The molecule has 62 heavy (non-hydrogen) atoms. The number of thiazole rings is 1. The second kappa shape index (κ2) is 19.4. The Kier molecular flexibility index (Phi) is 13.8. The number of aryl methyl sites for hydroxylation is 4. The van der Waals surface area contributed by atoms with Crippen molar-refractivity contribution in [3.8, 4) is 5.75 Å². The fourth-order valence-corrected chi connectivity index (χ4v) is 9.60. The van der Waals surface area contributed by atoms with Crippen LogP contribution in [0.25, 0.3) is 22.1 Å². The normalized spacial score (nSPS) is 13.4. The van der Waals surface area contributed by atoms with Gasteiger partial charge in [0.15, 0.2) is 5.78 Å². The largest absolute Gasteiger partial charge is 0.494 e. The topological polar surface area (TPSA) is 220 Å². The molecule has 17 nitrogen and oxygen atoms in total. The number of imidazole rings is 2. The van der Waals surface area contributed by atoms with E-state index in [2.05, 4.69) is 20.3 Å². The van der Waals surface area contributed by atoms with Crippen molar-refractivity contribution in [3.05, 3.63) is 86.4 Å². The summed E-state index contributed by atoms with van der Waals surface area (Å²) in [6, 6.07) is 8.33. The van der Waals surface area contributed by atoms with Crippen LogP contribution in [0.4, 0.5) is 5.95 Å². The summed E-state index contributed by atoms with van der Waals surface area (Å²) in [6.07, 6.45) is 5.38. The standard InChI is InChI=1S/C43H51N11O6S2/c1-6-29-39(62-26(4)46-29)33(55)24-36-47-30-20-27(40(44)56)22-34(59-5)37(30)52(36)12-8-9-13-53-38-31(48-43(53)49-42(58)32-19-25(3)50-54(32)7-2)21-28(41(45)57)23-35(38)61-18-10-11-51-14-16-60-17-15-51/h8-9,19-23H,6-7,10-18,24H2,1-5H3,(H2,44,56)(H2,45,57)(H,48,49,58)/b9-8+. The molecule has 1 fully saturated rings. The number of rotatable bonds is 19. The number of anilines is 1. The zero-order valence-electron chi connectivity index (χ0n) is 35.5. The number of hydrogen-bond donors (Lipinski definition) is 3. The van der Waals surface area contributed by atoms with E-state index in [1.807, 2.05) is 49.0 Å². The Hall–Kier alpha value is -5.89. The minimum atomic E-state index is -0.632. The molecule has 0 aliphatic carbocycles. The molecule has 0 bridgehead atoms. The summed E-state index contributed by atoms with van der Waals surface area (Å²) < 4.78 is 16.7. The molecule has 5 N–H and O–H groups in total. The lowest BCUT2D eigenvalue weighted by Crippen LogP contribution is -2.36. The third-order valence-electron chi connectivity index (χ3n) is 10.6. The predicted octanol–water partition coefficient (Wildman–Crippen LogP) is 5.19. The first-order valence-corrected chi connectivity index (χ1v) is 22.3. The second-order valence-electron chi connectivity index (χ2n) is 14.8. The number of carbonyl (C=O) groups excluding carboxylic acids is 4. The zero-order valence-corrected chi connectivity index (χ0v) is 37.2. The van der Waals surface area contributed by atoms with Crippen molar-refractivity contribution in [3.63, 3.8) is 0 Å². The third-order valence-corrected chi connectivity index (χ3v) is 12.7. The molecule has 2 aromatic carbocycles. The minimum Gasteiger partial charge on any atom is -0.494 e. The molecule has 0 unspecified atom stereocenters. The number of aromatic nitrogens is 7. The SMILES string of the molecule is CCc1nc(C)sc1C(=O)Cc1nc2cc(C(N)=O)cc(OC)c2n1C/C=C/Cn1c(NC(=O)c2cc(C)nn2CC)nc2cc(C(N)=O)cc(SCCCN3CCOCC3)c21. The highest BCUT2D eigenvalue weighted by Gasteiger charge is 2.24. The lowest BCUT2D eigenvalue weighted by molar-refractivity contribution is 0.0381. The lowest BCUT2D eigenvalue weighted by Gasteiger charge is -2.26. The van der Waals surface area contributed by atoms with Gasteiger partial charge in [-0.3, -0.25) is 34.1 Å². The smallest absolute Gasteiger partial charge is 0.276 e. The Morgan fingerprint density at radius 3 is 2.29 bits per heavy atom. The summed E-state index contributed by atoms with van der Waals surface area (Å²) in [6.45, 7) is 12.8. The molecule has 3 amide bonds. The summed E-state index contributed by atoms with van der Waals surface area (Å²) in [5, 5.41) is 8.28. The number of primary amides is 2. The van der Waals surface area contributed by atoms with Gasteiger partial charge in [-0.05, 0) is 76.2 Å². The van der Waals surface area contributed by atoms with Gasteiger partial charge in [-0.2, -0.15) is 5.10 Å². The number of amides is 3. The van der Waals surface area contributed by atoms with Gasteiger partial charge >= 0.3 is 0 Å². The maximum Gasteiger partial charge on any atom is 0.276 e. The Bertz CT molecular complexity index is 2690. The number of ether oxygens (including phenoxy) is 2. The Morgan fingerprint density at radius 2 is 1.61 bits per heavy atom. The maximum absolute atomic E-state index is 13.8. The molecule has 19 heteroatoms. The molecule has 1 aliphatic heterocycles. The van der Waals surface area contributed by atoms with Gasteiger partial charge in [0, 0.05) is 48.7 Å². The first-order valence-electron chi connectivity index (χ1n) is 20.5. The Balaban J connectivity index is 1.25. The highest BCUT2D eigenvalue weighted by molar-refractivity contribution is 7.99. The molecule has 5 heterocycles. The van der Waals surface area contributed by atoms with E-state index in [0.717, 1.165) is 66.1 Å². The third kappa shape index (κ3) is 9.60. The van der Waals surface area contributed by atoms with Crippen LogP contribution in [0.2, 0.25) is 0 Å². The number of morpholine rings is 1. The monoisotopic (exact) mass is 881 g/mol. The quantitative estimate of drug-likeness (QED) is 0.0414. The van der Waals surface area contributed by atoms with Crippen LogP contribution in [-0.2, 0) is 37.2 Å². The van der Waals surface area contributed by atoms with Crippen LogP contribution in [0.1, 0.15) is 83.4 Å². The number of nitrogens with one attached hydrogen (secondary N) is 1. The number of thioether (sulfide) groups is 1. The molecule has 7 rings (SSSR count). The zero-order chi connectivity index (χ0) is 44.1. The van der Waals surface area contributed by atoms with E-state index in [9.17, 15) is 19.2 Å². The number of methoxy groups -OCH3 is 1. The van der Waals surface area contributed by atoms with E-state index in [4.69, 9.17) is 30.9 Å². The predicted molar refractivity (Wildman–Crippen MR) is 240 cm³/mol. The number of ketones is 1. The highest BCUT2D eigenvalue weighted by atomic mass is 32.2. The van der Waals surface area contributed by atoms with Gasteiger partial charge in [-0.25, -0.2) is 15.0 Å². The average Bonchev–Trinajstić information content (AvgIpc) is 4.03. The average molecular weight is 882 g/mol. The molecule has 0 spiro atoms. The highest BCUT2D eigenvalue weighted by Crippen LogP contribution is 2.34. The van der Waals surface area contributed by atoms with Gasteiger partial charge in [0.05, 0.1) is 64.6 Å². The molecule has 0 radical (unpaired) electrons. The van der Waals surface area contributed by atoms with Crippen molar-refractivity contribution in [2.24, 2.45) is 11.5 Å². The van der Waals surface area contributed by atoms with Crippen molar-refractivity contribution in [2.75, 3.05) is 51.0 Å². The number of hydrogen-bond acceptors (Lipinski definition) is 13. The van der Waals surface area contributed by atoms with Crippen LogP contribution >= 0.6 is 23.1 Å². The van der Waals surface area contributed by atoms with Gasteiger partial charge < -0.3 is 30.1 Å². The van der Waals surface area contributed by atoms with E-state index in [0.29, 0.717) is 62.9 Å². The fourth-order valence-electron chi connectivity index (χ4n) is 7.60. The van der Waals surface area contributed by atoms with E-state index in [1.165, 1.54) is 18.4 Å². The number of benzene rings is 2. The van der Waals surface area contributed by atoms with Gasteiger partial charge in [-0.15, -0.1) is 23.1 Å². The number of carbonyl (C=O) groups is 4. The van der Waals surface area contributed by atoms with Crippen LogP contribution < -0.4 is 21.5 Å². The molecular formula is C43H51N11O6S2. The van der Waals surface area contributed by atoms with Crippen molar-refractivity contribution in [2.45, 2.75) is 71.5 Å². The van der Waals surface area contributed by atoms with Crippen molar-refractivity contribution >= 4 is 74.6 Å². The summed E-state index contributed by atoms with van der Waals surface area (Å²) in [5.74, 6) is 0.187. The number of Topliss-reactive ketones (excluding diaryl/α,β-unsaturated/α-hetero) is 1. The minimum absolute atomic E-state index is 0.0172. The Morgan fingerprint density at radius 1 is 0.919 bits per heavy atom. The molecule has 4 aromatic heterocycles. The van der Waals surface area contributed by atoms with E-state index < -0.39 is 11.8 Å². The van der Waals surface area contributed by atoms with E-state index in [-0.39, 0.29) is 42.7 Å². The van der Waals surface area contributed by atoms with Gasteiger partial charge in [0.2, 0.25) is 17.8 Å². The first kappa shape index (κ1) is 44.2. The number of fused-ring (bicyclic) bond motifs is 2. The molecule has 0 saturated carbocycles.